The molecule has 0 amide bonds. The van der Waals surface area contributed by atoms with Crippen LogP contribution in [0.25, 0.3) is 60.6 Å². The van der Waals surface area contributed by atoms with Crippen molar-refractivity contribution in [3.8, 4) is 33.4 Å². The molecule has 0 bridgehead atoms. The molecule has 2 heteroatoms. The highest BCUT2D eigenvalue weighted by Crippen LogP contribution is 2.57. The van der Waals surface area contributed by atoms with Crippen LogP contribution < -0.4 is 4.90 Å². The second-order valence-corrected chi connectivity index (χ2v) is 16.1. The summed E-state index contributed by atoms with van der Waals surface area (Å²) in [6.45, 7) is 0. The summed E-state index contributed by atoms with van der Waals surface area (Å²) in [5.74, 6) is 0. The number of nitrogens with zero attached hydrogens (tertiary/aromatic N) is 2. The lowest BCUT2D eigenvalue weighted by atomic mass is 9.67. The van der Waals surface area contributed by atoms with Crippen LogP contribution in [0.15, 0.2) is 243 Å². The Morgan fingerprint density at radius 2 is 0.934 bits per heavy atom. The summed E-state index contributed by atoms with van der Waals surface area (Å²) in [4.78, 5) is 2.40. The summed E-state index contributed by atoms with van der Waals surface area (Å²) in [7, 11) is 0. The van der Waals surface area contributed by atoms with Crippen LogP contribution in [0.2, 0.25) is 0 Å². The fraction of sp³-hybridized carbons (Fsp3) is 0.0169. The van der Waals surface area contributed by atoms with Gasteiger partial charge in [-0.1, -0.05) is 176 Å². The van der Waals surface area contributed by atoms with Crippen LogP contribution in [0, 0.1) is 0 Å². The van der Waals surface area contributed by atoms with Gasteiger partial charge in [0.05, 0.1) is 16.4 Å². The molecule has 61 heavy (non-hydrogen) atoms. The molecule has 1 aliphatic rings. The fourth-order valence-electron chi connectivity index (χ4n) is 10.2. The Morgan fingerprint density at radius 1 is 0.361 bits per heavy atom. The maximum absolute atomic E-state index is 2.44. The highest BCUT2D eigenvalue weighted by Gasteiger charge is 2.46. The van der Waals surface area contributed by atoms with E-state index in [0.717, 1.165) is 17.1 Å². The monoisotopic (exact) mass is 776 g/mol. The first-order valence-corrected chi connectivity index (χ1v) is 21.1. The van der Waals surface area contributed by atoms with E-state index >= 15 is 0 Å². The van der Waals surface area contributed by atoms with Crippen molar-refractivity contribution in [3.05, 3.63) is 265 Å². The summed E-state index contributed by atoms with van der Waals surface area (Å²) < 4.78 is 2.33. The van der Waals surface area contributed by atoms with E-state index in [2.05, 4.69) is 252 Å². The standard InChI is InChI=1S/C59H40N2/c1-5-17-43(18-6-1)57-55-27-15-16-38-60(55)56-37-32-42-28-29-44(39-52(42)58(56)57)41-30-33-48(34-31-41)61(47-23-11-4-12-24-47)49-35-36-51-50-25-13-14-26-53(50)59(54(51)40-49,45-19-7-2-8-20-45)46-21-9-3-10-22-46/h1-40H. The second kappa shape index (κ2) is 14.1. The van der Waals surface area contributed by atoms with Gasteiger partial charge in [-0.2, -0.15) is 0 Å². The number of anilines is 3. The van der Waals surface area contributed by atoms with Gasteiger partial charge in [0.25, 0.3) is 0 Å². The minimum Gasteiger partial charge on any atom is -0.316 e. The first-order valence-electron chi connectivity index (χ1n) is 21.1. The molecule has 0 saturated carbocycles. The fourth-order valence-corrected chi connectivity index (χ4v) is 10.2. The molecule has 0 aliphatic heterocycles. The lowest BCUT2D eigenvalue weighted by Gasteiger charge is -2.35. The average Bonchev–Trinajstić information content (AvgIpc) is 3.84. The van der Waals surface area contributed by atoms with Gasteiger partial charge in [0.2, 0.25) is 0 Å². The summed E-state index contributed by atoms with van der Waals surface area (Å²) in [5, 5.41) is 3.77. The van der Waals surface area contributed by atoms with E-state index in [4.69, 9.17) is 0 Å². The number of fused-ring (bicyclic) bond motifs is 8. The van der Waals surface area contributed by atoms with Crippen molar-refractivity contribution in [3.63, 3.8) is 0 Å². The number of aromatic nitrogens is 1. The number of hydrogen-bond donors (Lipinski definition) is 0. The Kier molecular flexibility index (Phi) is 8.11. The first kappa shape index (κ1) is 35.0. The minimum atomic E-state index is -0.482. The zero-order chi connectivity index (χ0) is 40.3. The maximum Gasteiger partial charge on any atom is 0.0714 e. The molecule has 12 rings (SSSR count). The van der Waals surface area contributed by atoms with Crippen LogP contribution in [-0.2, 0) is 5.41 Å². The molecule has 9 aromatic carbocycles. The van der Waals surface area contributed by atoms with Crippen LogP contribution in [-0.4, -0.2) is 4.40 Å². The van der Waals surface area contributed by atoms with E-state index in [1.807, 2.05) is 0 Å². The van der Waals surface area contributed by atoms with Crippen molar-refractivity contribution in [2.24, 2.45) is 0 Å². The van der Waals surface area contributed by atoms with Gasteiger partial charge in [0, 0.05) is 34.2 Å². The zero-order valence-electron chi connectivity index (χ0n) is 33.5. The lowest BCUT2D eigenvalue weighted by Crippen LogP contribution is -2.28. The largest absolute Gasteiger partial charge is 0.316 e. The lowest BCUT2D eigenvalue weighted by molar-refractivity contribution is 0.768. The molecular weight excluding hydrogens is 737 g/mol. The highest BCUT2D eigenvalue weighted by molar-refractivity contribution is 6.19. The van der Waals surface area contributed by atoms with E-state index < -0.39 is 5.41 Å². The van der Waals surface area contributed by atoms with Crippen molar-refractivity contribution in [2.45, 2.75) is 5.41 Å². The smallest absolute Gasteiger partial charge is 0.0714 e. The van der Waals surface area contributed by atoms with Crippen molar-refractivity contribution >= 4 is 44.3 Å². The number of benzene rings is 9. The van der Waals surface area contributed by atoms with Gasteiger partial charge in [-0.25, -0.2) is 0 Å². The maximum atomic E-state index is 2.44. The molecule has 0 unspecified atom stereocenters. The van der Waals surface area contributed by atoms with Gasteiger partial charge in [-0.05, 0) is 122 Å². The van der Waals surface area contributed by atoms with Crippen molar-refractivity contribution in [1.82, 2.24) is 4.40 Å². The Labute approximate surface area is 355 Å². The number of hydrogen-bond acceptors (Lipinski definition) is 1. The van der Waals surface area contributed by atoms with E-state index in [9.17, 15) is 0 Å². The molecule has 286 valence electrons. The zero-order valence-corrected chi connectivity index (χ0v) is 33.5. The van der Waals surface area contributed by atoms with Crippen LogP contribution in [0.4, 0.5) is 17.1 Å². The molecule has 0 radical (unpaired) electrons. The van der Waals surface area contributed by atoms with Gasteiger partial charge in [0.1, 0.15) is 0 Å². The summed E-state index contributed by atoms with van der Waals surface area (Å²) in [6, 6.07) is 86.7. The highest BCUT2D eigenvalue weighted by atomic mass is 15.1. The van der Waals surface area contributed by atoms with Crippen LogP contribution in [0.3, 0.4) is 0 Å². The van der Waals surface area contributed by atoms with Gasteiger partial charge in [0.15, 0.2) is 0 Å². The van der Waals surface area contributed by atoms with Crippen molar-refractivity contribution in [2.75, 3.05) is 4.90 Å². The third-order valence-electron chi connectivity index (χ3n) is 12.9. The molecule has 0 atom stereocenters. The van der Waals surface area contributed by atoms with Crippen LogP contribution in [0.5, 0.6) is 0 Å². The molecule has 0 spiro atoms. The van der Waals surface area contributed by atoms with Gasteiger partial charge in [-0.15, -0.1) is 0 Å². The molecule has 1 aliphatic carbocycles. The van der Waals surface area contributed by atoms with Crippen molar-refractivity contribution in [1.29, 1.82) is 0 Å². The Bertz CT molecular complexity index is 3350. The number of rotatable bonds is 7. The van der Waals surface area contributed by atoms with Crippen LogP contribution in [0.1, 0.15) is 22.3 Å². The van der Waals surface area contributed by atoms with E-state index in [1.165, 1.54) is 82.8 Å². The first-order chi connectivity index (χ1) is 30.3. The molecule has 2 nitrogen and oxygen atoms in total. The number of para-hydroxylation sites is 1. The second-order valence-electron chi connectivity index (χ2n) is 16.1. The molecule has 11 aromatic rings. The third-order valence-corrected chi connectivity index (χ3v) is 12.9. The summed E-state index contributed by atoms with van der Waals surface area (Å²) in [6.07, 6.45) is 2.18. The van der Waals surface area contributed by atoms with Gasteiger partial charge in [-0.3, -0.25) is 0 Å². The van der Waals surface area contributed by atoms with Crippen molar-refractivity contribution < 1.29 is 0 Å². The average molecular weight is 777 g/mol. The van der Waals surface area contributed by atoms with Gasteiger partial charge < -0.3 is 9.30 Å². The molecule has 2 aromatic heterocycles. The summed E-state index contributed by atoms with van der Waals surface area (Å²) >= 11 is 0. The number of pyridine rings is 1. The molecule has 0 N–H and O–H groups in total. The molecular formula is C59H40N2. The topological polar surface area (TPSA) is 7.65 Å². The third kappa shape index (κ3) is 5.43. The van der Waals surface area contributed by atoms with E-state index in [1.54, 1.807) is 0 Å². The SMILES string of the molecule is c1ccc(-c2c3c4cc(-c5ccc(N(c6ccccc6)c6ccc7c(c6)C(c6ccccc6)(c6ccccc6)c6ccccc6-7)cc5)ccc4ccc3n3ccccc23)cc1. The van der Waals surface area contributed by atoms with Gasteiger partial charge >= 0.3 is 0 Å². The minimum absolute atomic E-state index is 0.482. The van der Waals surface area contributed by atoms with E-state index in [0.29, 0.717) is 0 Å². The normalized spacial score (nSPS) is 12.7. The van der Waals surface area contributed by atoms with Crippen LogP contribution >= 0.6 is 0 Å². The predicted molar refractivity (Wildman–Crippen MR) is 255 cm³/mol. The Balaban J connectivity index is 1.01. The predicted octanol–water partition coefficient (Wildman–Crippen LogP) is 15.4. The Morgan fingerprint density at radius 3 is 1.67 bits per heavy atom. The quantitative estimate of drug-likeness (QED) is 0.156. The molecule has 2 heterocycles. The Hall–Kier alpha value is -7.94. The molecule has 0 fully saturated rings. The van der Waals surface area contributed by atoms with E-state index in [-0.39, 0.29) is 0 Å². The molecule has 0 saturated heterocycles. The summed E-state index contributed by atoms with van der Waals surface area (Å²) in [5.41, 5.74) is 17.8.